The quantitative estimate of drug-likeness (QED) is 0.572. The van der Waals surface area contributed by atoms with Crippen molar-refractivity contribution in [3.8, 4) is 0 Å². The van der Waals surface area contributed by atoms with Crippen LogP contribution in [0.3, 0.4) is 0 Å². The maximum atomic E-state index is 12.2. The Bertz CT molecular complexity index is 832. The number of hydrogen-bond acceptors (Lipinski definition) is 6. The van der Waals surface area contributed by atoms with Crippen molar-refractivity contribution in [3.63, 3.8) is 0 Å². The van der Waals surface area contributed by atoms with Crippen molar-refractivity contribution in [1.82, 2.24) is 0 Å². The van der Waals surface area contributed by atoms with Crippen LogP contribution in [0, 0.1) is 0 Å². The molecule has 0 fully saturated rings. The van der Waals surface area contributed by atoms with Gasteiger partial charge in [-0.1, -0.05) is 24.3 Å². The average Bonchev–Trinajstić information content (AvgIpc) is 2.96. The summed E-state index contributed by atoms with van der Waals surface area (Å²) in [6.07, 6.45) is 2.52. The highest BCUT2D eigenvalue weighted by atomic mass is 32.2. The Morgan fingerprint density at radius 2 is 1.48 bits per heavy atom. The average molecular weight is 375 g/mol. The van der Waals surface area contributed by atoms with Gasteiger partial charge in [-0.05, 0) is 16.8 Å². The molecular formula is C18H17NO4S2. The predicted molar refractivity (Wildman–Crippen MR) is 101 cm³/mol. The topological polar surface area (TPSA) is 77.8 Å². The van der Waals surface area contributed by atoms with Crippen molar-refractivity contribution in [1.29, 1.82) is 0 Å². The molecule has 130 valence electrons. The lowest BCUT2D eigenvalue weighted by molar-refractivity contribution is -0.120. The normalized spacial score (nSPS) is 14.1. The summed E-state index contributed by atoms with van der Waals surface area (Å²) in [6.45, 7) is 0.0115. The van der Waals surface area contributed by atoms with Crippen LogP contribution in [0.2, 0.25) is 0 Å². The van der Waals surface area contributed by atoms with Gasteiger partial charge in [0.25, 0.3) is 11.8 Å². The van der Waals surface area contributed by atoms with E-state index < -0.39 is 0 Å². The molecule has 0 unspecified atom stereocenters. The molecule has 5 nitrogen and oxygen atoms in total. The lowest BCUT2D eigenvalue weighted by Gasteiger charge is -2.22. The van der Waals surface area contributed by atoms with E-state index in [-0.39, 0.29) is 25.0 Å². The van der Waals surface area contributed by atoms with Crippen LogP contribution in [-0.2, 0) is 9.59 Å². The Kier molecular flexibility index (Phi) is 5.80. The molecule has 2 aromatic carbocycles. The monoisotopic (exact) mass is 375 g/mol. The fourth-order valence-electron chi connectivity index (χ4n) is 2.66. The maximum Gasteiger partial charge on any atom is 0.258 e. The zero-order valence-electron chi connectivity index (χ0n) is 13.3. The fraction of sp³-hybridized carbons (Fsp3) is 0.222. The van der Waals surface area contributed by atoms with Crippen LogP contribution >= 0.6 is 23.5 Å². The third-order valence-corrected chi connectivity index (χ3v) is 5.98. The summed E-state index contributed by atoms with van der Waals surface area (Å²) in [4.78, 5) is 27.2. The molecule has 0 spiro atoms. The number of thioether (sulfide) groups is 2. The van der Waals surface area contributed by atoms with Crippen molar-refractivity contribution < 1.29 is 19.8 Å². The fourth-order valence-corrected chi connectivity index (χ4v) is 4.72. The highest BCUT2D eigenvalue weighted by Gasteiger charge is 2.29. The smallest absolute Gasteiger partial charge is 0.258 e. The van der Waals surface area contributed by atoms with Crippen molar-refractivity contribution >= 4 is 51.8 Å². The van der Waals surface area contributed by atoms with Gasteiger partial charge in [0.1, 0.15) is 0 Å². The van der Waals surface area contributed by atoms with Crippen LogP contribution in [0.25, 0.3) is 10.8 Å². The van der Waals surface area contributed by atoms with E-state index in [0.717, 1.165) is 25.5 Å². The molecule has 0 saturated carbocycles. The van der Waals surface area contributed by atoms with E-state index in [2.05, 4.69) is 0 Å². The number of nitrogens with zero attached hydrogens (tertiary/aromatic N) is 1. The molecule has 2 aromatic rings. The van der Waals surface area contributed by atoms with Crippen LogP contribution in [0.5, 0.6) is 0 Å². The van der Waals surface area contributed by atoms with E-state index in [4.69, 9.17) is 0 Å². The summed E-state index contributed by atoms with van der Waals surface area (Å²) in [5, 5.41) is 20.4. The first-order valence-electron chi connectivity index (χ1n) is 7.76. The minimum atomic E-state index is -0.371. The number of anilines is 1. The summed E-state index contributed by atoms with van der Waals surface area (Å²) in [7, 11) is 0. The zero-order valence-corrected chi connectivity index (χ0v) is 15.0. The molecule has 0 atom stereocenters. The molecule has 2 N–H and O–H groups in total. The lowest BCUT2D eigenvalue weighted by Crippen LogP contribution is -2.30. The summed E-state index contributed by atoms with van der Waals surface area (Å²) in [5.41, 5.74) is 0.526. The molecule has 2 amide bonds. The third kappa shape index (κ3) is 3.59. The SMILES string of the molecule is O=C1C=CC(=O)N1c1cc2ccccc2c(SCCO)c1SCCO. The highest BCUT2D eigenvalue weighted by Crippen LogP contribution is 2.44. The van der Waals surface area contributed by atoms with Crippen molar-refractivity contribution in [2.75, 3.05) is 29.6 Å². The molecule has 7 heteroatoms. The van der Waals surface area contributed by atoms with E-state index in [1.807, 2.05) is 30.3 Å². The second-order valence-electron chi connectivity index (χ2n) is 5.26. The number of carbonyl (C=O) groups excluding carboxylic acids is 2. The Morgan fingerprint density at radius 1 is 0.880 bits per heavy atom. The lowest BCUT2D eigenvalue weighted by atomic mass is 10.1. The van der Waals surface area contributed by atoms with E-state index in [9.17, 15) is 19.8 Å². The van der Waals surface area contributed by atoms with Gasteiger partial charge in [0, 0.05) is 33.4 Å². The van der Waals surface area contributed by atoms with Crippen LogP contribution in [0.4, 0.5) is 5.69 Å². The van der Waals surface area contributed by atoms with Gasteiger partial charge in [0.15, 0.2) is 0 Å². The molecule has 0 aliphatic carbocycles. The summed E-state index contributed by atoms with van der Waals surface area (Å²) >= 11 is 2.88. The number of aliphatic hydroxyl groups excluding tert-OH is 2. The van der Waals surface area contributed by atoms with Gasteiger partial charge in [0.2, 0.25) is 0 Å². The second kappa shape index (κ2) is 8.05. The molecule has 0 aromatic heterocycles. The standard InChI is InChI=1S/C18H17NO4S2/c20-7-9-24-17-13-4-2-1-3-12(13)11-14(18(17)25-10-8-21)19-15(22)5-6-16(19)23/h1-6,11,20-21H,7-10H2. The van der Waals surface area contributed by atoms with Gasteiger partial charge < -0.3 is 10.2 Å². The van der Waals surface area contributed by atoms with Crippen molar-refractivity contribution in [2.45, 2.75) is 9.79 Å². The Balaban J connectivity index is 2.22. The number of benzene rings is 2. The number of fused-ring (bicyclic) bond motifs is 1. The van der Waals surface area contributed by atoms with Gasteiger partial charge in [-0.25, -0.2) is 4.90 Å². The Morgan fingerprint density at radius 3 is 2.12 bits per heavy atom. The van der Waals surface area contributed by atoms with E-state index in [0.29, 0.717) is 17.2 Å². The molecule has 0 bridgehead atoms. The predicted octanol–water partition coefficient (Wildman–Crippen LogP) is 2.44. The van der Waals surface area contributed by atoms with Gasteiger partial charge in [-0.15, -0.1) is 23.5 Å². The number of hydrogen-bond donors (Lipinski definition) is 2. The second-order valence-corrected chi connectivity index (χ2v) is 7.47. The van der Waals surface area contributed by atoms with Crippen molar-refractivity contribution in [2.24, 2.45) is 0 Å². The number of aliphatic hydroxyl groups is 2. The Hall–Kier alpha value is -1.80. The summed E-state index contributed by atoms with van der Waals surface area (Å²) < 4.78 is 0. The Labute approximate surface area is 153 Å². The maximum absolute atomic E-state index is 12.2. The zero-order chi connectivity index (χ0) is 17.8. The van der Waals surface area contributed by atoms with Gasteiger partial charge in [0.05, 0.1) is 18.9 Å². The highest BCUT2D eigenvalue weighted by molar-refractivity contribution is 8.02. The number of imide groups is 1. The van der Waals surface area contributed by atoms with Crippen molar-refractivity contribution in [3.05, 3.63) is 42.5 Å². The first kappa shape index (κ1) is 18.0. The molecule has 1 aliphatic heterocycles. The van der Waals surface area contributed by atoms with E-state index in [1.54, 1.807) is 0 Å². The molecule has 25 heavy (non-hydrogen) atoms. The van der Waals surface area contributed by atoms with E-state index >= 15 is 0 Å². The van der Waals surface area contributed by atoms with Gasteiger partial charge >= 0.3 is 0 Å². The number of amides is 2. The van der Waals surface area contributed by atoms with Crippen LogP contribution in [0.15, 0.2) is 52.3 Å². The first-order chi connectivity index (χ1) is 12.2. The molecule has 1 aliphatic rings. The number of carbonyl (C=O) groups is 2. The minimum Gasteiger partial charge on any atom is -0.396 e. The number of rotatable bonds is 7. The summed E-state index contributed by atoms with van der Waals surface area (Å²) in [5.74, 6) is 0.204. The van der Waals surface area contributed by atoms with Crippen LogP contribution in [0.1, 0.15) is 0 Å². The van der Waals surface area contributed by atoms with E-state index in [1.165, 1.54) is 35.7 Å². The summed E-state index contributed by atoms with van der Waals surface area (Å²) in [6, 6.07) is 9.58. The molecule has 3 rings (SSSR count). The third-order valence-electron chi connectivity index (χ3n) is 3.66. The molecule has 0 saturated heterocycles. The van der Waals surface area contributed by atoms with Crippen LogP contribution in [-0.4, -0.2) is 46.7 Å². The molecule has 1 heterocycles. The largest absolute Gasteiger partial charge is 0.396 e. The molecular weight excluding hydrogens is 358 g/mol. The van der Waals surface area contributed by atoms with Crippen LogP contribution < -0.4 is 4.90 Å². The van der Waals surface area contributed by atoms with Gasteiger partial charge in [-0.2, -0.15) is 0 Å². The molecule has 0 radical (unpaired) electrons. The van der Waals surface area contributed by atoms with Gasteiger partial charge in [-0.3, -0.25) is 9.59 Å². The first-order valence-corrected chi connectivity index (χ1v) is 9.73. The minimum absolute atomic E-state index is 0.0127.